The minimum Gasteiger partial charge on any atom is -0.504 e. The van der Waals surface area contributed by atoms with E-state index in [1.165, 1.54) is 11.6 Å². The second kappa shape index (κ2) is 9.10. The SMILES string of the molecule is CN1CC[C@]23c4c5ccc(O)c4O[C@H]2C(=O)CC[C@H]3[C@H]1C5.NC(=O)O.Nc1ccccc1C(=O)O. The number of nitrogens with two attached hydrogens (primary N) is 2. The van der Waals surface area contributed by atoms with E-state index in [2.05, 4.69) is 17.7 Å². The number of primary amides is 1. The topological polar surface area (TPSA) is 176 Å². The smallest absolute Gasteiger partial charge is 0.402 e. The number of likely N-dealkylation sites (N-methyl/N-ethyl adjacent to an activating group) is 1. The Balaban J connectivity index is 0.000000173. The summed E-state index contributed by atoms with van der Waals surface area (Å²) in [4.78, 5) is 34.1. The molecule has 2 heterocycles. The minimum absolute atomic E-state index is 0.155. The summed E-state index contributed by atoms with van der Waals surface area (Å²) in [5, 5.41) is 25.9. The fraction of sp³-hybridized carbons (Fsp3) is 0.400. The van der Waals surface area contributed by atoms with Crippen molar-refractivity contribution in [2.24, 2.45) is 11.7 Å². The van der Waals surface area contributed by atoms with E-state index >= 15 is 0 Å². The highest BCUT2D eigenvalue weighted by molar-refractivity contribution is 5.93. The number of phenols is 1. The molecule has 186 valence electrons. The molecule has 10 nitrogen and oxygen atoms in total. The summed E-state index contributed by atoms with van der Waals surface area (Å²) >= 11 is 0. The van der Waals surface area contributed by atoms with Gasteiger partial charge in [-0.3, -0.25) is 4.79 Å². The number of anilines is 1. The highest BCUT2D eigenvalue weighted by Gasteiger charge is 2.65. The average molecular weight is 484 g/mol. The molecule has 1 saturated heterocycles. The number of ketones is 1. The van der Waals surface area contributed by atoms with Crippen LogP contribution >= 0.6 is 0 Å². The second-order valence-electron chi connectivity index (χ2n) is 9.33. The van der Waals surface area contributed by atoms with Crippen LogP contribution < -0.4 is 16.2 Å². The number of phenolic OH excluding ortho intramolecular Hbond substituents is 1. The molecule has 7 N–H and O–H groups in total. The zero-order valence-electron chi connectivity index (χ0n) is 19.3. The maximum absolute atomic E-state index is 12.5. The first-order chi connectivity index (χ1) is 16.6. The Kier molecular flexibility index (Phi) is 6.33. The molecule has 35 heavy (non-hydrogen) atoms. The van der Waals surface area contributed by atoms with Gasteiger partial charge in [0.15, 0.2) is 23.4 Å². The monoisotopic (exact) mass is 483 g/mol. The minimum atomic E-state index is -1.33. The highest BCUT2D eigenvalue weighted by atomic mass is 16.5. The quantitative estimate of drug-likeness (QED) is 0.381. The van der Waals surface area contributed by atoms with Crippen molar-refractivity contribution in [2.75, 3.05) is 19.3 Å². The third-order valence-corrected chi connectivity index (χ3v) is 7.58. The number of carbonyl (C=O) groups is 3. The molecule has 2 aromatic carbocycles. The van der Waals surface area contributed by atoms with E-state index in [4.69, 9.17) is 25.5 Å². The van der Waals surface area contributed by atoms with Crippen molar-refractivity contribution in [1.82, 2.24) is 4.90 Å². The van der Waals surface area contributed by atoms with E-state index in [1.807, 2.05) is 6.07 Å². The van der Waals surface area contributed by atoms with Gasteiger partial charge in [-0.05, 0) is 62.5 Å². The van der Waals surface area contributed by atoms with E-state index in [0.29, 0.717) is 29.8 Å². The Labute approximate surface area is 202 Å². The first-order valence-corrected chi connectivity index (χ1v) is 11.4. The number of amides is 1. The van der Waals surface area contributed by atoms with Crippen LogP contribution in [0.15, 0.2) is 36.4 Å². The molecule has 1 saturated carbocycles. The van der Waals surface area contributed by atoms with Crippen LogP contribution in [0.25, 0.3) is 0 Å². The van der Waals surface area contributed by atoms with E-state index in [-0.39, 0.29) is 28.6 Å². The predicted octanol–water partition coefficient (Wildman–Crippen LogP) is 2.22. The molecular formula is C25H29N3O7. The van der Waals surface area contributed by atoms with Crippen LogP contribution in [-0.2, 0) is 16.6 Å². The van der Waals surface area contributed by atoms with Gasteiger partial charge in [0, 0.05) is 29.1 Å². The average Bonchev–Trinajstić information content (AvgIpc) is 3.15. The molecule has 0 radical (unpaired) electrons. The second-order valence-corrected chi connectivity index (χ2v) is 9.33. The van der Waals surface area contributed by atoms with E-state index in [9.17, 15) is 14.7 Å². The Hall–Kier alpha value is -3.79. The maximum Gasteiger partial charge on any atom is 0.402 e. The van der Waals surface area contributed by atoms with E-state index in [0.717, 1.165) is 31.4 Å². The molecular weight excluding hydrogens is 454 g/mol. The zero-order chi connectivity index (χ0) is 25.5. The Morgan fingerprint density at radius 2 is 1.86 bits per heavy atom. The fourth-order valence-corrected chi connectivity index (χ4v) is 6.21. The molecule has 10 heteroatoms. The summed E-state index contributed by atoms with van der Waals surface area (Å²) in [6.07, 6.45) is 1.85. The molecule has 0 unspecified atom stereocenters. The van der Waals surface area contributed by atoms with Crippen LogP contribution in [0.5, 0.6) is 11.5 Å². The first-order valence-electron chi connectivity index (χ1n) is 11.4. The van der Waals surface area contributed by atoms with Gasteiger partial charge in [0.1, 0.15) is 0 Å². The normalized spacial score (nSPS) is 27.2. The van der Waals surface area contributed by atoms with Gasteiger partial charge in [0.2, 0.25) is 0 Å². The number of carbonyl (C=O) groups excluding carboxylic acids is 1. The Bertz CT molecular complexity index is 1180. The van der Waals surface area contributed by atoms with Crippen molar-refractivity contribution in [3.63, 3.8) is 0 Å². The number of hydrogen-bond donors (Lipinski definition) is 5. The molecule has 2 aromatic rings. The van der Waals surface area contributed by atoms with Gasteiger partial charge >= 0.3 is 12.1 Å². The third-order valence-electron chi connectivity index (χ3n) is 7.58. The Morgan fingerprint density at radius 3 is 2.49 bits per heavy atom. The van der Waals surface area contributed by atoms with Crippen molar-refractivity contribution in [3.05, 3.63) is 53.1 Å². The van der Waals surface area contributed by atoms with Crippen LogP contribution in [0.2, 0.25) is 0 Å². The number of hydrogen-bond acceptors (Lipinski definition) is 7. The number of carboxylic acids is 1. The van der Waals surface area contributed by atoms with Gasteiger partial charge in [0.05, 0.1) is 5.56 Å². The number of para-hydroxylation sites is 1. The number of ether oxygens (including phenoxy) is 1. The summed E-state index contributed by atoms with van der Waals surface area (Å²) in [7, 11) is 2.20. The van der Waals surface area contributed by atoms with Crippen LogP contribution in [0.4, 0.5) is 10.5 Å². The van der Waals surface area contributed by atoms with Crippen molar-refractivity contribution < 1.29 is 34.4 Å². The number of aromatic carboxylic acids is 1. The molecule has 2 bridgehead atoms. The number of nitrogen functional groups attached to an aromatic ring is 1. The van der Waals surface area contributed by atoms with Crippen molar-refractivity contribution in [3.8, 4) is 11.5 Å². The largest absolute Gasteiger partial charge is 0.504 e. The van der Waals surface area contributed by atoms with Gasteiger partial charge in [-0.2, -0.15) is 0 Å². The maximum atomic E-state index is 12.5. The van der Waals surface area contributed by atoms with Crippen molar-refractivity contribution in [2.45, 2.75) is 43.2 Å². The number of Topliss-reactive ketones (excluding diaryl/α,β-unsaturated/α-hetero) is 1. The summed E-state index contributed by atoms with van der Waals surface area (Å²) in [5.41, 5.74) is 12.1. The van der Waals surface area contributed by atoms with Crippen LogP contribution in [0, 0.1) is 5.92 Å². The van der Waals surface area contributed by atoms with E-state index < -0.39 is 12.1 Å². The lowest BCUT2D eigenvalue weighted by molar-refractivity contribution is -0.138. The van der Waals surface area contributed by atoms with Gasteiger partial charge in [-0.15, -0.1) is 0 Å². The Morgan fingerprint density at radius 1 is 1.17 bits per heavy atom. The number of aromatic hydroxyl groups is 1. The first kappa shape index (κ1) is 24.3. The van der Waals surface area contributed by atoms with Crippen LogP contribution in [0.1, 0.15) is 40.7 Å². The number of likely N-dealkylation sites (tertiary alicyclic amines) is 1. The summed E-state index contributed by atoms with van der Waals surface area (Å²) in [5.74, 6) is 0.507. The van der Waals surface area contributed by atoms with Gasteiger partial charge in [-0.25, -0.2) is 9.59 Å². The molecule has 4 atom stereocenters. The van der Waals surface area contributed by atoms with Crippen LogP contribution in [-0.4, -0.2) is 63.8 Å². The molecule has 0 aromatic heterocycles. The highest BCUT2D eigenvalue weighted by Crippen LogP contribution is 2.62. The summed E-state index contributed by atoms with van der Waals surface area (Å²) in [6.45, 7) is 1.00. The molecule has 1 spiro atoms. The lowest BCUT2D eigenvalue weighted by atomic mass is 9.52. The molecule has 4 aliphatic rings. The standard InChI is InChI=1S/C17H19NO3.C7H7NO2.CH3NO2/c1-18-7-6-17-10-3-5-13(20)16(17)21-15-12(19)4-2-9(14(15)17)8-11(10)18;8-6-4-2-1-3-5(6)7(9)10;2-1(3)4/h2,4,10-11,16,19H,3,5-8H2,1H3;1-4H,8H2,(H,9,10);2H2,(H,3,4)/t10-,11+,16-,17-;;/m0../s1. The van der Waals surface area contributed by atoms with E-state index in [1.54, 1.807) is 24.3 Å². The number of rotatable bonds is 1. The van der Waals surface area contributed by atoms with Crippen LogP contribution in [0.3, 0.4) is 0 Å². The number of piperidine rings is 1. The molecule has 1 amide bonds. The molecule has 2 aliphatic heterocycles. The lowest BCUT2D eigenvalue weighted by Gasteiger charge is -2.57. The molecule has 2 aliphatic carbocycles. The number of carboxylic acid groups (broad SMARTS) is 2. The van der Waals surface area contributed by atoms with Gasteiger partial charge < -0.3 is 36.4 Å². The number of benzene rings is 2. The molecule has 6 rings (SSSR count). The predicted molar refractivity (Wildman–Crippen MR) is 127 cm³/mol. The summed E-state index contributed by atoms with van der Waals surface area (Å²) < 4.78 is 6.04. The zero-order valence-corrected chi connectivity index (χ0v) is 19.3. The van der Waals surface area contributed by atoms with Gasteiger partial charge in [0.25, 0.3) is 0 Å². The number of nitrogens with zero attached hydrogens (tertiary/aromatic N) is 1. The lowest BCUT2D eigenvalue weighted by Crippen LogP contribution is -2.65. The van der Waals surface area contributed by atoms with Gasteiger partial charge in [-0.1, -0.05) is 18.2 Å². The summed E-state index contributed by atoms with van der Waals surface area (Å²) in [6, 6.07) is 10.6. The fourth-order valence-electron chi connectivity index (χ4n) is 6.21. The van der Waals surface area contributed by atoms with Crippen molar-refractivity contribution >= 4 is 23.5 Å². The van der Waals surface area contributed by atoms with Crippen molar-refractivity contribution in [1.29, 1.82) is 0 Å². The third kappa shape index (κ3) is 4.03. The molecule has 2 fully saturated rings.